The van der Waals surface area contributed by atoms with Crippen molar-refractivity contribution in [3.63, 3.8) is 0 Å². The predicted octanol–water partition coefficient (Wildman–Crippen LogP) is 5.48. The molecule has 0 aliphatic heterocycles. The molecule has 0 saturated heterocycles. The molecule has 3 rings (SSSR count). The monoisotopic (exact) mass is 441 g/mol. The molecule has 31 heavy (non-hydrogen) atoms. The van der Waals surface area contributed by atoms with Crippen LogP contribution in [0.3, 0.4) is 0 Å². The summed E-state index contributed by atoms with van der Waals surface area (Å²) in [5.41, 5.74) is 11.6. The molecule has 1 aromatic heterocycles. The largest absolute Gasteiger partial charge is 0.464 e. The Balaban J connectivity index is 0.00000166. The Morgan fingerprint density at radius 2 is 1.90 bits per heavy atom. The molecule has 0 fully saturated rings. The van der Waals surface area contributed by atoms with Crippen LogP contribution < -0.4 is 15.8 Å². The zero-order valence-electron chi connectivity index (χ0n) is 19.5. The van der Waals surface area contributed by atoms with Crippen LogP contribution in [0.4, 0.5) is 0 Å². The highest BCUT2D eigenvalue weighted by Crippen LogP contribution is 2.24. The average Bonchev–Trinajstić information content (AvgIpc) is 3.24. The third-order valence-corrected chi connectivity index (χ3v) is 5.45. The number of nitrogens with one attached hydrogen (secondary N) is 1. The summed E-state index contributed by atoms with van der Waals surface area (Å²) in [5, 5.41) is 4.32. The molecule has 3 aromatic rings. The minimum Gasteiger partial charge on any atom is -0.464 e. The van der Waals surface area contributed by atoms with E-state index in [0.29, 0.717) is 0 Å². The molecule has 0 aliphatic rings. The third kappa shape index (κ3) is 6.79. The number of ether oxygens (including phenoxy) is 1. The summed E-state index contributed by atoms with van der Waals surface area (Å²) in [5.74, 6) is 0.755. The van der Waals surface area contributed by atoms with E-state index in [1.807, 2.05) is 51.1 Å². The van der Waals surface area contributed by atoms with Crippen LogP contribution in [-0.4, -0.2) is 30.2 Å². The van der Waals surface area contributed by atoms with Gasteiger partial charge in [-0.15, -0.1) is 0 Å². The van der Waals surface area contributed by atoms with Gasteiger partial charge in [0.1, 0.15) is 17.5 Å². The molecule has 0 aliphatic carbocycles. The zero-order chi connectivity index (χ0) is 23.0. The van der Waals surface area contributed by atoms with E-state index in [0.717, 1.165) is 47.4 Å². The first-order valence-electron chi connectivity index (χ1n) is 10.9. The molecule has 0 amide bonds. The molecule has 2 aromatic carbocycles. The number of benzene rings is 2. The summed E-state index contributed by atoms with van der Waals surface area (Å²) < 4.78 is 11.3. The van der Waals surface area contributed by atoms with E-state index in [-0.39, 0.29) is 5.17 Å². The average molecular weight is 442 g/mol. The number of likely N-dealkylation sites (N-methyl/N-ethyl adjacent to an activating group) is 1. The predicted molar refractivity (Wildman–Crippen MR) is 134 cm³/mol. The van der Waals surface area contributed by atoms with Crippen molar-refractivity contribution in [2.75, 3.05) is 20.1 Å². The van der Waals surface area contributed by atoms with Crippen LogP contribution in [0.2, 0.25) is 0 Å². The molecule has 0 saturated carbocycles. The van der Waals surface area contributed by atoms with Gasteiger partial charge in [0.2, 0.25) is 0 Å². The summed E-state index contributed by atoms with van der Waals surface area (Å²) in [4.78, 5) is 2.31. The van der Waals surface area contributed by atoms with Crippen LogP contribution in [0.15, 0.2) is 47.1 Å². The topological polar surface area (TPSA) is 63.7 Å². The molecule has 6 heteroatoms. The van der Waals surface area contributed by atoms with Gasteiger partial charge in [0.15, 0.2) is 0 Å². The molecule has 1 atom stereocenters. The Labute approximate surface area is 191 Å². The van der Waals surface area contributed by atoms with E-state index in [9.17, 15) is 0 Å². The van der Waals surface area contributed by atoms with Gasteiger partial charge in [-0.3, -0.25) is 0 Å². The summed E-state index contributed by atoms with van der Waals surface area (Å²) in [7, 11) is 2.14. The van der Waals surface area contributed by atoms with E-state index in [2.05, 4.69) is 37.2 Å². The second-order valence-corrected chi connectivity index (χ2v) is 7.79. The van der Waals surface area contributed by atoms with Gasteiger partial charge in [-0.1, -0.05) is 32.9 Å². The third-order valence-electron chi connectivity index (χ3n) is 5.25. The minimum atomic E-state index is -0.466. The standard InChI is InChI=1S/C23H29N3O2S.C2H6/c1-5-26(4)10-8-17-12-16(3)21(13-15(17)2)28-23(29)25-22(24)19-6-7-20-18(14-19)9-11-27-20;1-2/h6-7,9,11-14,22H,5,8,10,24H2,1-4H3,(H,25,29);1-2H3. The normalized spacial score (nSPS) is 11.7. The van der Waals surface area contributed by atoms with Gasteiger partial charge in [-0.05, 0) is 92.6 Å². The SMILES string of the molecule is CC.CCN(C)CCc1cc(C)c(OC(=S)NC(N)c2ccc3occc3c2)cc1C. The van der Waals surface area contributed by atoms with Gasteiger partial charge in [0, 0.05) is 11.9 Å². The van der Waals surface area contributed by atoms with E-state index >= 15 is 0 Å². The maximum Gasteiger partial charge on any atom is 0.263 e. The molecule has 5 nitrogen and oxygen atoms in total. The maximum absolute atomic E-state index is 6.27. The number of thiocarbonyl (C=S) groups is 1. The van der Waals surface area contributed by atoms with Crippen molar-refractivity contribution in [1.82, 2.24) is 10.2 Å². The van der Waals surface area contributed by atoms with Crippen LogP contribution in [0.1, 0.15) is 49.2 Å². The summed E-state index contributed by atoms with van der Waals surface area (Å²) in [6, 6.07) is 11.9. The van der Waals surface area contributed by atoms with Crippen LogP contribution in [0.25, 0.3) is 11.0 Å². The lowest BCUT2D eigenvalue weighted by molar-refractivity contribution is 0.357. The van der Waals surface area contributed by atoms with Crippen LogP contribution in [0.5, 0.6) is 5.75 Å². The van der Waals surface area contributed by atoms with E-state index < -0.39 is 6.17 Å². The lowest BCUT2D eigenvalue weighted by Crippen LogP contribution is -2.36. The number of hydrogen-bond donors (Lipinski definition) is 2. The van der Waals surface area contributed by atoms with E-state index in [1.165, 1.54) is 11.1 Å². The Kier molecular flexibility index (Phi) is 9.49. The molecule has 1 heterocycles. The lowest BCUT2D eigenvalue weighted by atomic mass is 10.0. The van der Waals surface area contributed by atoms with Crippen LogP contribution >= 0.6 is 12.2 Å². The van der Waals surface area contributed by atoms with Gasteiger partial charge in [0.25, 0.3) is 5.17 Å². The smallest absolute Gasteiger partial charge is 0.263 e. The highest BCUT2D eigenvalue weighted by Gasteiger charge is 2.13. The second-order valence-electron chi connectivity index (χ2n) is 7.42. The highest BCUT2D eigenvalue weighted by molar-refractivity contribution is 7.80. The molecule has 0 radical (unpaired) electrons. The Morgan fingerprint density at radius 3 is 2.61 bits per heavy atom. The number of nitrogens with zero attached hydrogens (tertiary/aromatic N) is 1. The summed E-state index contributed by atoms with van der Waals surface area (Å²) in [6.07, 6.45) is 2.21. The number of nitrogens with two attached hydrogens (primary N) is 1. The Morgan fingerprint density at radius 1 is 1.16 bits per heavy atom. The van der Waals surface area contributed by atoms with Crippen molar-refractivity contribution < 1.29 is 9.15 Å². The van der Waals surface area contributed by atoms with Crippen LogP contribution in [0, 0.1) is 13.8 Å². The van der Waals surface area contributed by atoms with Gasteiger partial charge in [-0.25, -0.2) is 0 Å². The number of fused-ring (bicyclic) bond motifs is 1. The molecule has 0 spiro atoms. The molecular formula is C25H35N3O2S. The van der Waals surface area contributed by atoms with Crippen molar-refractivity contribution in [3.8, 4) is 5.75 Å². The number of aryl methyl sites for hydroxylation is 2. The molecular weight excluding hydrogens is 406 g/mol. The van der Waals surface area contributed by atoms with Crippen molar-refractivity contribution in [2.45, 2.75) is 47.2 Å². The Bertz CT molecular complexity index is 1000. The summed E-state index contributed by atoms with van der Waals surface area (Å²) >= 11 is 5.39. The first kappa shape index (κ1) is 24.9. The molecule has 1 unspecified atom stereocenters. The maximum atomic E-state index is 6.27. The fraction of sp³-hybridized carbons (Fsp3) is 0.400. The zero-order valence-corrected chi connectivity index (χ0v) is 20.3. The van der Waals surface area contributed by atoms with Crippen molar-refractivity contribution in [2.24, 2.45) is 5.73 Å². The molecule has 168 valence electrons. The van der Waals surface area contributed by atoms with Gasteiger partial charge < -0.3 is 25.1 Å². The van der Waals surface area contributed by atoms with Gasteiger partial charge in [-0.2, -0.15) is 0 Å². The first-order valence-corrected chi connectivity index (χ1v) is 11.3. The fourth-order valence-corrected chi connectivity index (χ4v) is 3.43. The van der Waals surface area contributed by atoms with Gasteiger partial charge in [0.05, 0.1) is 6.26 Å². The lowest BCUT2D eigenvalue weighted by Gasteiger charge is -2.19. The van der Waals surface area contributed by atoms with Crippen molar-refractivity contribution in [3.05, 3.63) is 64.9 Å². The number of furan rings is 1. The second kappa shape index (κ2) is 11.8. The highest BCUT2D eigenvalue weighted by atomic mass is 32.1. The number of rotatable bonds is 7. The Hall–Kier alpha value is -2.41. The van der Waals surface area contributed by atoms with Crippen molar-refractivity contribution >= 4 is 28.4 Å². The molecule has 3 N–H and O–H groups in total. The first-order chi connectivity index (χ1) is 14.9. The van der Waals surface area contributed by atoms with Crippen molar-refractivity contribution in [1.29, 1.82) is 0 Å². The quantitative estimate of drug-likeness (QED) is 0.374. The van der Waals surface area contributed by atoms with E-state index in [1.54, 1.807) is 6.26 Å². The molecule has 0 bridgehead atoms. The minimum absolute atomic E-state index is 0.255. The van der Waals surface area contributed by atoms with Gasteiger partial charge >= 0.3 is 0 Å². The van der Waals surface area contributed by atoms with E-state index in [4.69, 9.17) is 27.1 Å². The number of hydrogen-bond acceptors (Lipinski definition) is 5. The van der Waals surface area contributed by atoms with Crippen LogP contribution in [-0.2, 0) is 6.42 Å². The summed E-state index contributed by atoms with van der Waals surface area (Å²) in [6.45, 7) is 12.4. The fourth-order valence-electron chi connectivity index (χ4n) is 3.22.